The van der Waals surface area contributed by atoms with Crippen LogP contribution >= 0.6 is 11.3 Å². The number of fused-ring (bicyclic) bond motifs is 1. The molecule has 3 aromatic rings. The van der Waals surface area contributed by atoms with Crippen LogP contribution in [0.1, 0.15) is 24.6 Å². The monoisotopic (exact) mass is 285 g/mol. The van der Waals surface area contributed by atoms with Crippen LogP contribution in [0.2, 0.25) is 0 Å². The van der Waals surface area contributed by atoms with Crippen LogP contribution in [0.3, 0.4) is 0 Å². The van der Waals surface area contributed by atoms with E-state index in [1.165, 1.54) is 21.3 Å². The predicted octanol–water partition coefficient (Wildman–Crippen LogP) is 3.65. The molecule has 0 amide bonds. The van der Waals surface area contributed by atoms with E-state index in [2.05, 4.69) is 57.7 Å². The van der Waals surface area contributed by atoms with E-state index in [0.29, 0.717) is 0 Å². The minimum absolute atomic E-state index is 0.847. The molecule has 3 nitrogen and oxygen atoms in total. The molecular weight excluding hydrogens is 266 g/mol. The third-order valence-electron chi connectivity index (χ3n) is 3.42. The van der Waals surface area contributed by atoms with Gasteiger partial charge >= 0.3 is 0 Å². The van der Waals surface area contributed by atoms with Crippen LogP contribution in [0.4, 0.5) is 0 Å². The Morgan fingerprint density at radius 2 is 2.15 bits per heavy atom. The average molecular weight is 285 g/mol. The number of benzene rings is 1. The van der Waals surface area contributed by atoms with E-state index in [9.17, 15) is 0 Å². The van der Waals surface area contributed by atoms with Crippen LogP contribution in [0, 0.1) is 0 Å². The lowest BCUT2D eigenvalue weighted by Crippen LogP contribution is -2.17. The minimum Gasteiger partial charge on any atom is -0.311 e. The molecular formula is C16H19N3S. The fourth-order valence-corrected chi connectivity index (χ4v) is 3.32. The van der Waals surface area contributed by atoms with Crippen LogP contribution in [0.5, 0.6) is 0 Å². The van der Waals surface area contributed by atoms with Crippen LogP contribution in [0.15, 0.2) is 41.9 Å². The molecule has 0 saturated heterocycles. The molecule has 0 unspecified atom stereocenters. The zero-order chi connectivity index (χ0) is 13.8. The summed E-state index contributed by atoms with van der Waals surface area (Å²) in [5.74, 6) is 0. The summed E-state index contributed by atoms with van der Waals surface area (Å²) in [5.41, 5.74) is 2.60. The summed E-state index contributed by atoms with van der Waals surface area (Å²) >= 11 is 1.81. The Morgan fingerprint density at radius 1 is 1.25 bits per heavy atom. The van der Waals surface area contributed by atoms with Gasteiger partial charge in [-0.05, 0) is 41.4 Å². The van der Waals surface area contributed by atoms with Gasteiger partial charge in [0.05, 0.1) is 12.2 Å². The van der Waals surface area contributed by atoms with E-state index in [0.717, 1.165) is 26.1 Å². The molecule has 0 spiro atoms. The van der Waals surface area contributed by atoms with E-state index in [4.69, 9.17) is 0 Å². The van der Waals surface area contributed by atoms with Crippen molar-refractivity contribution in [1.29, 1.82) is 0 Å². The highest BCUT2D eigenvalue weighted by atomic mass is 32.1. The van der Waals surface area contributed by atoms with E-state index in [-0.39, 0.29) is 0 Å². The highest BCUT2D eigenvalue weighted by Gasteiger charge is 2.07. The van der Waals surface area contributed by atoms with Crippen LogP contribution < -0.4 is 5.32 Å². The van der Waals surface area contributed by atoms with Gasteiger partial charge in [0, 0.05) is 17.4 Å². The molecule has 0 radical (unpaired) electrons. The first-order chi connectivity index (χ1) is 9.88. The van der Waals surface area contributed by atoms with Crippen LogP contribution in [0.25, 0.3) is 10.1 Å². The number of rotatable bonds is 6. The third-order valence-corrected chi connectivity index (χ3v) is 4.43. The van der Waals surface area contributed by atoms with E-state index in [1.807, 2.05) is 6.20 Å². The van der Waals surface area contributed by atoms with Crippen molar-refractivity contribution in [3.63, 3.8) is 0 Å². The van der Waals surface area contributed by atoms with Gasteiger partial charge in [-0.2, -0.15) is 5.10 Å². The minimum atomic E-state index is 0.847. The number of thiophene rings is 1. The molecule has 0 aliphatic heterocycles. The Labute approximate surface area is 123 Å². The Kier molecular flexibility index (Phi) is 4.14. The van der Waals surface area contributed by atoms with Gasteiger partial charge in [0.2, 0.25) is 0 Å². The second-order valence-corrected chi connectivity index (χ2v) is 5.83. The summed E-state index contributed by atoms with van der Waals surface area (Å²) in [6.07, 6.45) is 3.04. The van der Waals surface area contributed by atoms with Gasteiger partial charge in [-0.25, -0.2) is 0 Å². The lowest BCUT2D eigenvalue weighted by atomic mass is 10.2. The number of nitrogens with one attached hydrogen (secondary N) is 1. The van der Waals surface area contributed by atoms with Gasteiger partial charge in [-0.3, -0.25) is 4.68 Å². The second-order valence-electron chi connectivity index (χ2n) is 4.91. The van der Waals surface area contributed by atoms with Crippen molar-refractivity contribution >= 4 is 21.4 Å². The summed E-state index contributed by atoms with van der Waals surface area (Å²) < 4.78 is 3.44. The largest absolute Gasteiger partial charge is 0.311 e. The van der Waals surface area contributed by atoms with Gasteiger partial charge in [-0.15, -0.1) is 11.3 Å². The van der Waals surface area contributed by atoms with Gasteiger partial charge in [0.15, 0.2) is 0 Å². The van der Waals surface area contributed by atoms with Crippen molar-refractivity contribution in [1.82, 2.24) is 15.1 Å². The molecule has 0 saturated carbocycles. The maximum absolute atomic E-state index is 4.46. The summed E-state index contributed by atoms with van der Waals surface area (Å²) in [5, 5.41) is 11.5. The molecule has 0 bridgehead atoms. The number of aromatic nitrogens is 2. The normalized spacial score (nSPS) is 11.2. The Balaban J connectivity index is 1.79. The van der Waals surface area contributed by atoms with Crippen molar-refractivity contribution < 1.29 is 0 Å². The molecule has 4 heteroatoms. The summed E-state index contributed by atoms with van der Waals surface area (Å²) in [7, 11) is 0. The van der Waals surface area contributed by atoms with Crippen molar-refractivity contribution in [3.05, 3.63) is 53.2 Å². The van der Waals surface area contributed by atoms with Gasteiger partial charge < -0.3 is 5.32 Å². The summed E-state index contributed by atoms with van der Waals surface area (Å²) in [6, 6.07) is 10.7. The van der Waals surface area contributed by atoms with Crippen molar-refractivity contribution in [3.8, 4) is 0 Å². The lowest BCUT2D eigenvalue weighted by molar-refractivity contribution is 0.594. The van der Waals surface area contributed by atoms with Crippen molar-refractivity contribution in [2.24, 2.45) is 0 Å². The first kappa shape index (κ1) is 13.3. The Bertz CT molecular complexity index is 684. The van der Waals surface area contributed by atoms with Crippen LogP contribution in [-0.4, -0.2) is 16.3 Å². The lowest BCUT2D eigenvalue weighted by Gasteiger charge is -2.08. The summed E-state index contributed by atoms with van der Waals surface area (Å²) in [4.78, 5) is 0. The quantitative estimate of drug-likeness (QED) is 0.701. The second kappa shape index (κ2) is 6.20. The fourth-order valence-electron chi connectivity index (χ4n) is 2.36. The molecule has 0 atom stereocenters. The molecule has 1 N–H and O–H groups in total. The fraction of sp³-hybridized carbons (Fsp3) is 0.312. The highest BCUT2D eigenvalue weighted by Crippen LogP contribution is 2.26. The molecule has 104 valence electrons. The summed E-state index contributed by atoms with van der Waals surface area (Å²) in [6.45, 7) is 4.96. The molecule has 0 aliphatic rings. The molecule has 2 aromatic heterocycles. The maximum Gasteiger partial charge on any atom is 0.0677 e. The standard InChI is InChI=1S/C16H19N3S/c1-2-8-17-10-14-7-9-18-19(14)11-13-12-20-16-6-4-3-5-15(13)16/h3-7,9,12,17H,2,8,10-11H2,1H3. The zero-order valence-corrected chi connectivity index (χ0v) is 12.5. The zero-order valence-electron chi connectivity index (χ0n) is 11.7. The molecule has 2 heterocycles. The first-order valence-corrected chi connectivity index (χ1v) is 7.93. The molecule has 1 aromatic carbocycles. The van der Waals surface area contributed by atoms with E-state index < -0.39 is 0 Å². The molecule has 3 rings (SSSR count). The molecule has 20 heavy (non-hydrogen) atoms. The Morgan fingerprint density at radius 3 is 3.05 bits per heavy atom. The molecule has 0 fully saturated rings. The van der Waals surface area contributed by atoms with Crippen molar-refractivity contribution in [2.45, 2.75) is 26.4 Å². The maximum atomic E-state index is 4.46. The van der Waals surface area contributed by atoms with E-state index >= 15 is 0 Å². The topological polar surface area (TPSA) is 29.9 Å². The number of nitrogens with zero attached hydrogens (tertiary/aromatic N) is 2. The molecule has 0 aliphatic carbocycles. The first-order valence-electron chi connectivity index (χ1n) is 7.05. The smallest absolute Gasteiger partial charge is 0.0677 e. The highest BCUT2D eigenvalue weighted by molar-refractivity contribution is 7.17. The number of hydrogen-bond acceptors (Lipinski definition) is 3. The SMILES string of the molecule is CCCNCc1ccnn1Cc1csc2ccccc12. The van der Waals surface area contributed by atoms with Crippen molar-refractivity contribution in [2.75, 3.05) is 6.54 Å². The van der Waals surface area contributed by atoms with Gasteiger partial charge in [0.1, 0.15) is 0 Å². The number of hydrogen-bond donors (Lipinski definition) is 1. The third kappa shape index (κ3) is 2.76. The van der Waals surface area contributed by atoms with Gasteiger partial charge in [-0.1, -0.05) is 25.1 Å². The van der Waals surface area contributed by atoms with Gasteiger partial charge in [0.25, 0.3) is 0 Å². The predicted molar refractivity (Wildman–Crippen MR) is 85.2 cm³/mol. The van der Waals surface area contributed by atoms with E-state index in [1.54, 1.807) is 11.3 Å². The Hall–Kier alpha value is -1.65. The average Bonchev–Trinajstić information content (AvgIpc) is 3.08. The van der Waals surface area contributed by atoms with Crippen LogP contribution in [-0.2, 0) is 13.1 Å².